The zero-order valence-corrected chi connectivity index (χ0v) is 23.5. The third-order valence-corrected chi connectivity index (χ3v) is 8.96. The molecule has 4 nitrogen and oxygen atoms in total. The molecule has 0 fully saturated rings. The molecule has 0 saturated carbocycles. The van der Waals surface area contributed by atoms with Gasteiger partial charge >= 0.3 is 0 Å². The number of nitriles is 1. The maximum absolute atomic E-state index is 10.8. The highest BCUT2D eigenvalue weighted by Gasteiger charge is 2.23. The molecule has 0 aliphatic carbocycles. The van der Waals surface area contributed by atoms with Crippen LogP contribution in [0.2, 0.25) is 0 Å². The van der Waals surface area contributed by atoms with Gasteiger partial charge in [-0.05, 0) is 35.0 Å². The molecule has 0 spiro atoms. The van der Waals surface area contributed by atoms with E-state index in [0.717, 1.165) is 65.2 Å². The summed E-state index contributed by atoms with van der Waals surface area (Å²) in [5.41, 5.74) is 6.18. The topological polar surface area (TPSA) is 38.0 Å². The van der Waals surface area contributed by atoms with Crippen molar-refractivity contribution in [1.82, 2.24) is 9.13 Å². The number of fused-ring (bicyclic) bond motifs is 10. The summed E-state index contributed by atoms with van der Waals surface area (Å²) in [5.74, 6) is 0. The predicted molar refractivity (Wildman–Crippen MR) is 181 cm³/mol. The number of nitrogens with zero attached hydrogens (tertiary/aromatic N) is 4. The summed E-state index contributed by atoms with van der Waals surface area (Å²) in [6, 6.07) is 48.4. The number of para-hydroxylation sites is 2. The van der Waals surface area contributed by atoms with E-state index in [1.807, 2.05) is 48.5 Å². The Hall–Kier alpha value is -6.36. The van der Waals surface area contributed by atoms with Gasteiger partial charge < -0.3 is 9.13 Å². The van der Waals surface area contributed by atoms with Gasteiger partial charge in [-0.25, -0.2) is 4.85 Å². The van der Waals surface area contributed by atoms with E-state index in [4.69, 9.17) is 6.57 Å². The Bertz CT molecular complexity index is 2550. The number of hydrogen-bond acceptors (Lipinski definition) is 1. The lowest BCUT2D eigenvalue weighted by atomic mass is 10.0. The zero-order valence-electron chi connectivity index (χ0n) is 23.5. The second-order valence-corrected chi connectivity index (χ2v) is 11.1. The molecule has 9 aromatic rings. The van der Waals surface area contributed by atoms with Crippen LogP contribution in [0.25, 0.3) is 81.4 Å². The fourth-order valence-corrected chi connectivity index (χ4v) is 7.12. The molecule has 0 bridgehead atoms. The van der Waals surface area contributed by atoms with Gasteiger partial charge in [0.2, 0.25) is 5.69 Å². The molecule has 0 N–H and O–H groups in total. The molecule has 0 atom stereocenters. The van der Waals surface area contributed by atoms with Crippen molar-refractivity contribution in [3.63, 3.8) is 0 Å². The fourth-order valence-electron chi connectivity index (χ4n) is 7.12. The number of benzene rings is 7. The molecule has 44 heavy (non-hydrogen) atoms. The molecule has 2 aromatic heterocycles. The van der Waals surface area contributed by atoms with Crippen molar-refractivity contribution in [3.8, 4) is 17.4 Å². The lowest BCUT2D eigenvalue weighted by molar-refractivity contribution is 1.15. The standard InChI is InChI=1S/C40H22N4/c1-42-38-33(24-41)36(43-34-16-8-6-14-29(34)31-20-18-25-10-2-4-12-27(25)39(31)43)22-23-37(38)44-35-17-9-7-15-30(35)32-21-19-26-11-3-5-13-28(26)40(32)44/h2-23H. The molecule has 202 valence electrons. The highest BCUT2D eigenvalue weighted by Crippen LogP contribution is 2.43. The summed E-state index contributed by atoms with van der Waals surface area (Å²) in [6.45, 7) is 8.44. The van der Waals surface area contributed by atoms with E-state index in [2.05, 4.69) is 105 Å². The van der Waals surface area contributed by atoms with Crippen molar-refractivity contribution in [1.29, 1.82) is 5.26 Å². The van der Waals surface area contributed by atoms with Crippen molar-refractivity contribution in [2.45, 2.75) is 0 Å². The molecule has 0 saturated heterocycles. The molecule has 7 aromatic carbocycles. The van der Waals surface area contributed by atoms with Gasteiger partial charge in [-0.1, -0.05) is 109 Å². The van der Waals surface area contributed by atoms with Crippen LogP contribution in [0, 0.1) is 17.9 Å². The van der Waals surface area contributed by atoms with Gasteiger partial charge in [0, 0.05) is 32.3 Å². The van der Waals surface area contributed by atoms with E-state index in [-0.39, 0.29) is 0 Å². The predicted octanol–water partition coefficient (Wildman–Crippen LogP) is 10.6. The van der Waals surface area contributed by atoms with E-state index in [9.17, 15) is 5.26 Å². The van der Waals surface area contributed by atoms with Gasteiger partial charge in [-0.2, -0.15) is 5.26 Å². The zero-order chi connectivity index (χ0) is 29.4. The van der Waals surface area contributed by atoms with Crippen LogP contribution in [0.1, 0.15) is 5.56 Å². The van der Waals surface area contributed by atoms with E-state index >= 15 is 0 Å². The first-order valence-electron chi connectivity index (χ1n) is 14.6. The van der Waals surface area contributed by atoms with Gasteiger partial charge in [-0.15, -0.1) is 0 Å². The van der Waals surface area contributed by atoms with Gasteiger partial charge in [0.25, 0.3) is 0 Å². The average Bonchev–Trinajstić information content (AvgIpc) is 3.61. The Kier molecular flexibility index (Phi) is 5.00. The van der Waals surface area contributed by atoms with Crippen molar-refractivity contribution < 1.29 is 0 Å². The van der Waals surface area contributed by atoms with Crippen molar-refractivity contribution in [2.24, 2.45) is 0 Å². The molecule has 4 heteroatoms. The number of aromatic nitrogens is 2. The van der Waals surface area contributed by atoms with Gasteiger partial charge in [0.1, 0.15) is 0 Å². The molecule has 0 amide bonds. The number of rotatable bonds is 2. The lowest BCUT2D eigenvalue weighted by Crippen LogP contribution is -2.02. The summed E-state index contributed by atoms with van der Waals surface area (Å²) in [5, 5.41) is 19.7. The van der Waals surface area contributed by atoms with Crippen LogP contribution < -0.4 is 0 Å². The summed E-state index contributed by atoms with van der Waals surface area (Å²) >= 11 is 0. The maximum atomic E-state index is 10.8. The molecule has 2 heterocycles. The second kappa shape index (κ2) is 9.07. The molecular formula is C40H22N4. The molecule has 0 aliphatic heterocycles. The van der Waals surface area contributed by atoms with E-state index in [1.54, 1.807) is 0 Å². The van der Waals surface area contributed by atoms with Crippen LogP contribution in [-0.2, 0) is 0 Å². The summed E-state index contributed by atoms with van der Waals surface area (Å²) in [6.07, 6.45) is 0. The molecule has 9 rings (SSSR count). The van der Waals surface area contributed by atoms with Crippen LogP contribution in [0.15, 0.2) is 133 Å². The first kappa shape index (κ1) is 24.3. The van der Waals surface area contributed by atoms with Crippen LogP contribution in [-0.4, -0.2) is 9.13 Å². The first-order valence-corrected chi connectivity index (χ1v) is 14.6. The van der Waals surface area contributed by atoms with E-state index in [0.29, 0.717) is 22.6 Å². The molecule has 0 unspecified atom stereocenters. The minimum absolute atomic E-state index is 0.340. The Morgan fingerprint density at radius 2 is 0.932 bits per heavy atom. The van der Waals surface area contributed by atoms with Crippen molar-refractivity contribution >= 4 is 70.8 Å². The minimum Gasteiger partial charge on any atom is -0.318 e. The van der Waals surface area contributed by atoms with E-state index < -0.39 is 0 Å². The monoisotopic (exact) mass is 558 g/mol. The highest BCUT2D eigenvalue weighted by atomic mass is 15.0. The average molecular weight is 559 g/mol. The SMILES string of the molecule is [C-]#[N+]c1c(-n2c3ccccc3c3ccc4ccccc4c32)ccc(-n2c3ccccc3c3ccc4ccccc4c32)c1C#N. The Morgan fingerprint density at radius 3 is 1.45 bits per heavy atom. The van der Waals surface area contributed by atoms with Gasteiger partial charge in [-0.3, -0.25) is 0 Å². The van der Waals surface area contributed by atoms with E-state index in [1.165, 1.54) is 0 Å². The van der Waals surface area contributed by atoms with Crippen molar-refractivity contribution in [2.75, 3.05) is 0 Å². The van der Waals surface area contributed by atoms with Gasteiger partial charge in [0.15, 0.2) is 0 Å². The van der Waals surface area contributed by atoms with Crippen LogP contribution in [0.5, 0.6) is 0 Å². The molecule has 0 aliphatic rings. The maximum Gasteiger partial charge on any atom is 0.230 e. The normalized spacial score (nSPS) is 11.6. The van der Waals surface area contributed by atoms with Crippen LogP contribution in [0.3, 0.4) is 0 Å². The molecular weight excluding hydrogens is 536 g/mol. The Balaban J connectivity index is 1.44. The summed E-state index contributed by atoms with van der Waals surface area (Å²) in [7, 11) is 0. The number of hydrogen-bond donors (Lipinski definition) is 0. The first-order chi connectivity index (χ1) is 21.8. The van der Waals surface area contributed by atoms with Crippen LogP contribution in [0.4, 0.5) is 5.69 Å². The lowest BCUT2D eigenvalue weighted by Gasteiger charge is -2.17. The van der Waals surface area contributed by atoms with Crippen molar-refractivity contribution in [3.05, 3.63) is 150 Å². The molecule has 0 radical (unpaired) electrons. The summed E-state index contributed by atoms with van der Waals surface area (Å²) in [4.78, 5) is 4.08. The third kappa shape index (κ3) is 3.14. The minimum atomic E-state index is 0.340. The quantitative estimate of drug-likeness (QED) is 0.195. The largest absolute Gasteiger partial charge is 0.318 e. The third-order valence-electron chi connectivity index (χ3n) is 8.96. The summed E-state index contributed by atoms with van der Waals surface area (Å²) < 4.78 is 4.34. The Labute approximate surface area is 252 Å². The second-order valence-electron chi connectivity index (χ2n) is 11.1. The Morgan fingerprint density at radius 1 is 0.477 bits per heavy atom. The van der Waals surface area contributed by atoms with Gasteiger partial charge in [0.05, 0.1) is 51.6 Å². The smallest absolute Gasteiger partial charge is 0.230 e. The highest BCUT2D eigenvalue weighted by molar-refractivity contribution is 6.20. The fraction of sp³-hybridized carbons (Fsp3) is 0. The van der Waals surface area contributed by atoms with Crippen LogP contribution >= 0.6 is 0 Å².